The Morgan fingerprint density at radius 2 is 1.20 bits per heavy atom. The first kappa shape index (κ1) is 17.3. The molecule has 0 radical (unpaired) electrons. The molecule has 0 unspecified atom stereocenters. The molecule has 0 spiro atoms. The van der Waals surface area contributed by atoms with Crippen molar-refractivity contribution in [2.24, 2.45) is 0 Å². The summed E-state index contributed by atoms with van der Waals surface area (Å²) in [5, 5.41) is 1.29. The van der Waals surface area contributed by atoms with E-state index in [0.29, 0.717) is 22.3 Å². The highest BCUT2D eigenvalue weighted by Crippen LogP contribution is 2.42. The third-order valence-corrected chi connectivity index (χ3v) is 9.34. The minimum Gasteiger partial charge on any atom is -0.456 e. The standard InChI is InChI=1S/C45H27N3OS/c1-3-12-28(13-4-1)30-16-9-17-31(26-30)33-19-10-20-35-34-25-24-32(27-40(34)50-42(33)35)44-46-43(29-14-5-2-6-15-29)47-45(48-44)37-21-11-23-39-41(37)36-18-7-8-22-38(36)49-39/h1-27H/i1D,3D,4D,9D,10D,12D,13D,16D,17D,19D,20D,24D,25D,26D,27D. The first-order chi connectivity index (χ1) is 31.0. The summed E-state index contributed by atoms with van der Waals surface area (Å²) < 4.78 is 139. The van der Waals surface area contributed by atoms with Crippen molar-refractivity contribution in [3.05, 3.63) is 163 Å². The summed E-state index contributed by atoms with van der Waals surface area (Å²) in [4.78, 5) is 14.5. The van der Waals surface area contributed by atoms with E-state index < -0.39 is 101 Å². The minimum atomic E-state index is -0.801. The fourth-order valence-corrected chi connectivity index (χ4v) is 7.08. The van der Waals surface area contributed by atoms with Crippen LogP contribution in [0.3, 0.4) is 0 Å². The van der Waals surface area contributed by atoms with E-state index in [9.17, 15) is 5.48 Å². The van der Waals surface area contributed by atoms with Crippen LogP contribution in [0.5, 0.6) is 0 Å². The molecule has 5 heteroatoms. The first-order valence-electron chi connectivity index (χ1n) is 22.9. The number of fused-ring (bicyclic) bond motifs is 6. The van der Waals surface area contributed by atoms with Gasteiger partial charge in [0.05, 0.1) is 20.6 Å². The minimum absolute atomic E-state index is 0.0222. The van der Waals surface area contributed by atoms with Crippen molar-refractivity contribution in [2.45, 2.75) is 0 Å². The van der Waals surface area contributed by atoms with E-state index in [1.165, 1.54) is 0 Å². The highest BCUT2D eigenvalue weighted by molar-refractivity contribution is 7.26. The van der Waals surface area contributed by atoms with Crippen molar-refractivity contribution in [3.63, 3.8) is 0 Å². The van der Waals surface area contributed by atoms with Gasteiger partial charge in [0.1, 0.15) is 11.2 Å². The van der Waals surface area contributed by atoms with E-state index in [1.54, 1.807) is 30.3 Å². The summed E-state index contributed by atoms with van der Waals surface area (Å²) in [7, 11) is 0. The van der Waals surface area contributed by atoms with Crippen LogP contribution in [0.1, 0.15) is 20.6 Å². The van der Waals surface area contributed by atoms with Gasteiger partial charge in [-0.3, -0.25) is 0 Å². The van der Waals surface area contributed by atoms with Crippen molar-refractivity contribution in [1.82, 2.24) is 15.0 Å². The van der Waals surface area contributed by atoms with Gasteiger partial charge in [0.25, 0.3) is 0 Å². The van der Waals surface area contributed by atoms with Gasteiger partial charge < -0.3 is 4.42 Å². The molecule has 7 aromatic carbocycles. The molecule has 0 saturated carbocycles. The molecule has 234 valence electrons. The summed E-state index contributed by atoms with van der Waals surface area (Å²) in [5.41, 5.74) is 0.228. The Labute approximate surface area is 313 Å². The lowest BCUT2D eigenvalue weighted by Gasteiger charge is -2.09. The number of rotatable bonds is 5. The van der Waals surface area contributed by atoms with Gasteiger partial charge in [0, 0.05) is 47.6 Å². The Bertz CT molecular complexity index is 3710. The molecule has 3 aromatic heterocycles. The Kier molecular flexibility index (Phi) is 4.02. The number of nitrogens with zero attached hydrogens (tertiary/aromatic N) is 3. The summed E-state index contributed by atoms with van der Waals surface area (Å²) in [6.07, 6.45) is 0. The number of thiophene rings is 1. The monoisotopic (exact) mass is 672 g/mol. The average Bonchev–Trinajstić information content (AvgIpc) is 3.90. The third kappa shape index (κ3) is 4.79. The second-order valence-corrected chi connectivity index (χ2v) is 12.2. The fourth-order valence-electron chi connectivity index (χ4n) is 5.96. The van der Waals surface area contributed by atoms with Crippen LogP contribution >= 0.6 is 11.3 Å². The quantitative estimate of drug-likeness (QED) is 0.183. The topological polar surface area (TPSA) is 51.8 Å². The van der Waals surface area contributed by atoms with Crippen molar-refractivity contribution < 1.29 is 25.0 Å². The molecule has 0 amide bonds. The average molecular weight is 673 g/mol. The predicted octanol–water partition coefficient (Wildman–Crippen LogP) is 12.5. The van der Waals surface area contributed by atoms with Gasteiger partial charge in [0.2, 0.25) is 0 Å². The molecule has 0 bridgehead atoms. The Hall–Kier alpha value is -6.43. The molecule has 0 aliphatic rings. The van der Waals surface area contributed by atoms with Crippen LogP contribution in [0.4, 0.5) is 0 Å². The maximum atomic E-state index is 9.68. The van der Waals surface area contributed by atoms with E-state index in [-0.39, 0.29) is 54.8 Å². The van der Waals surface area contributed by atoms with Gasteiger partial charge in [-0.2, -0.15) is 0 Å². The number of para-hydroxylation sites is 1. The Morgan fingerprint density at radius 1 is 0.460 bits per heavy atom. The van der Waals surface area contributed by atoms with Crippen molar-refractivity contribution in [2.75, 3.05) is 0 Å². The van der Waals surface area contributed by atoms with Crippen molar-refractivity contribution in [1.29, 1.82) is 0 Å². The Morgan fingerprint density at radius 3 is 2.10 bits per heavy atom. The number of hydrogen-bond donors (Lipinski definition) is 0. The Balaban J connectivity index is 1.28. The maximum Gasteiger partial charge on any atom is 0.164 e. The second-order valence-electron chi connectivity index (χ2n) is 11.2. The van der Waals surface area contributed by atoms with Crippen molar-refractivity contribution in [3.8, 4) is 56.4 Å². The van der Waals surface area contributed by atoms with E-state index >= 15 is 0 Å². The second kappa shape index (κ2) is 11.6. The fraction of sp³-hybridized carbons (Fsp3) is 0. The molecular formula is C45H27N3OS. The molecule has 0 aliphatic heterocycles. The number of hydrogen-bond acceptors (Lipinski definition) is 5. The van der Waals surface area contributed by atoms with Gasteiger partial charge in [-0.15, -0.1) is 11.3 Å². The van der Waals surface area contributed by atoms with E-state index in [2.05, 4.69) is 0 Å². The molecule has 0 fully saturated rings. The molecule has 0 saturated heterocycles. The summed E-state index contributed by atoms with van der Waals surface area (Å²) in [6, 6.07) is 11.9. The van der Waals surface area contributed by atoms with Crippen LogP contribution in [0.25, 0.3) is 98.5 Å². The number of benzene rings is 7. The van der Waals surface area contributed by atoms with Crippen LogP contribution in [0.15, 0.2) is 168 Å². The highest BCUT2D eigenvalue weighted by atomic mass is 32.1. The smallest absolute Gasteiger partial charge is 0.164 e. The SMILES string of the molecule is [2H]c1c([2H])c([2H])c(-c2c([2H])c([2H])c([2H])c(-c3c([2H])c([2H])c([2H])c4c3sc3c([2H])c(-c5nc(-c6ccccc6)nc(-c6cccc7oc8ccccc8c67)n5)c([2H])c([2H])c34)c2[2H])c([2H])c1[2H]. The first-order valence-corrected chi connectivity index (χ1v) is 16.2. The lowest BCUT2D eigenvalue weighted by atomic mass is 9.98. The van der Waals surface area contributed by atoms with Crippen LogP contribution in [-0.4, -0.2) is 15.0 Å². The third-order valence-electron chi connectivity index (χ3n) is 8.22. The number of furan rings is 1. The van der Waals surface area contributed by atoms with Crippen molar-refractivity contribution >= 4 is 53.4 Å². The van der Waals surface area contributed by atoms with Crippen LogP contribution < -0.4 is 0 Å². The summed E-state index contributed by atoms with van der Waals surface area (Å²) >= 11 is 0.795. The van der Waals surface area contributed by atoms with E-state index in [0.717, 1.165) is 22.1 Å². The predicted molar refractivity (Wildman–Crippen MR) is 207 cm³/mol. The van der Waals surface area contributed by atoms with Crippen LogP contribution in [0.2, 0.25) is 0 Å². The largest absolute Gasteiger partial charge is 0.456 e. The van der Waals surface area contributed by atoms with Gasteiger partial charge in [-0.05, 0) is 46.5 Å². The van der Waals surface area contributed by atoms with Gasteiger partial charge in [0.15, 0.2) is 17.5 Å². The number of aromatic nitrogens is 3. The lowest BCUT2D eigenvalue weighted by Crippen LogP contribution is -2.00. The molecule has 0 atom stereocenters. The molecule has 10 aromatic rings. The van der Waals surface area contributed by atoms with Gasteiger partial charge >= 0.3 is 0 Å². The molecule has 0 aliphatic carbocycles. The molecular weight excluding hydrogens is 631 g/mol. The normalized spacial score (nSPS) is 15.8. The van der Waals surface area contributed by atoms with Crippen LogP contribution in [0, 0.1) is 0 Å². The van der Waals surface area contributed by atoms with Gasteiger partial charge in [-0.25, -0.2) is 15.0 Å². The molecule has 50 heavy (non-hydrogen) atoms. The van der Waals surface area contributed by atoms with Gasteiger partial charge in [-0.1, -0.05) is 139 Å². The molecule has 4 nitrogen and oxygen atoms in total. The van der Waals surface area contributed by atoms with Crippen LogP contribution in [-0.2, 0) is 0 Å². The maximum absolute atomic E-state index is 9.68. The molecule has 3 heterocycles. The zero-order valence-electron chi connectivity index (χ0n) is 40.6. The lowest BCUT2D eigenvalue weighted by molar-refractivity contribution is 0.669. The zero-order valence-corrected chi connectivity index (χ0v) is 26.4. The summed E-state index contributed by atoms with van der Waals surface area (Å²) in [5.74, 6) is 0.270. The molecule has 0 N–H and O–H groups in total. The highest BCUT2D eigenvalue weighted by Gasteiger charge is 2.19. The molecule has 10 rings (SSSR count). The van der Waals surface area contributed by atoms with E-state index in [4.69, 9.17) is 34.4 Å². The zero-order chi connectivity index (χ0) is 46.1. The van der Waals surface area contributed by atoms with E-state index in [1.807, 2.05) is 42.5 Å². The summed E-state index contributed by atoms with van der Waals surface area (Å²) in [6.45, 7) is 0.